The maximum Gasteiger partial charge on any atom is 0.191 e. The van der Waals surface area contributed by atoms with Crippen molar-refractivity contribution in [1.29, 1.82) is 0 Å². The first kappa shape index (κ1) is 24.0. The molecule has 2 unspecified atom stereocenters. The van der Waals surface area contributed by atoms with Crippen LogP contribution in [-0.2, 0) is 11.3 Å². The lowest BCUT2D eigenvalue weighted by atomic mass is 10.1. The Balaban J connectivity index is 0.00000300. The van der Waals surface area contributed by atoms with Crippen molar-refractivity contribution in [2.24, 2.45) is 4.99 Å². The molecule has 0 amide bonds. The van der Waals surface area contributed by atoms with Gasteiger partial charge < -0.3 is 20.1 Å². The Morgan fingerprint density at radius 3 is 2.90 bits per heavy atom. The second-order valence-electron chi connectivity index (χ2n) is 7.28. The molecular formula is C22H32IN3O2S. The van der Waals surface area contributed by atoms with Gasteiger partial charge in [-0.25, -0.2) is 0 Å². The molecule has 29 heavy (non-hydrogen) atoms. The van der Waals surface area contributed by atoms with Crippen molar-refractivity contribution in [3.63, 3.8) is 0 Å². The summed E-state index contributed by atoms with van der Waals surface area (Å²) in [5.74, 6) is 2.17. The van der Waals surface area contributed by atoms with Crippen molar-refractivity contribution < 1.29 is 9.47 Å². The van der Waals surface area contributed by atoms with Crippen LogP contribution in [0.3, 0.4) is 0 Å². The van der Waals surface area contributed by atoms with Crippen molar-refractivity contribution in [2.75, 3.05) is 26.8 Å². The smallest absolute Gasteiger partial charge is 0.191 e. The number of hydrogen-bond acceptors (Lipinski definition) is 4. The van der Waals surface area contributed by atoms with Gasteiger partial charge >= 0.3 is 0 Å². The fourth-order valence-corrected chi connectivity index (χ4v) is 4.01. The number of hydrogen-bond donors (Lipinski definition) is 2. The van der Waals surface area contributed by atoms with Crippen LogP contribution < -0.4 is 15.4 Å². The van der Waals surface area contributed by atoms with Gasteiger partial charge in [-0.2, -0.15) is 0 Å². The second kappa shape index (κ2) is 12.4. The number of rotatable bonds is 8. The van der Waals surface area contributed by atoms with E-state index in [0.717, 1.165) is 43.3 Å². The molecular weight excluding hydrogens is 497 g/mol. The quantitative estimate of drug-likeness (QED) is 0.296. The summed E-state index contributed by atoms with van der Waals surface area (Å²) in [4.78, 5) is 5.73. The minimum atomic E-state index is 0. The third-order valence-corrected chi connectivity index (χ3v) is 6.05. The highest BCUT2D eigenvalue weighted by Gasteiger charge is 2.17. The average molecular weight is 529 g/mol. The molecule has 1 aromatic heterocycles. The SMILES string of the molecule is CN=C(NCc1ccc(C)cc1OCC1CCCO1)NCC(C)c1cccs1.I. The molecule has 0 aliphatic carbocycles. The Morgan fingerprint density at radius 1 is 1.34 bits per heavy atom. The van der Waals surface area contributed by atoms with Crippen molar-refractivity contribution in [1.82, 2.24) is 10.6 Å². The van der Waals surface area contributed by atoms with E-state index >= 15 is 0 Å². The lowest BCUT2D eigenvalue weighted by Crippen LogP contribution is -2.38. The molecule has 1 saturated heterocycles. The molecule has 2 atom stereocenters. The Bertz CT molecular complexity index is 761. The highest BCUT2D eigenvalue weighted by atomic mass is 127. The van der Waals surface area contributed by atoms with Crippen LogP contribution in [0.25, 0.3) is 0 Å². The number of halogens is 1. The van der Waals surface area contributed by atoms with Crippen molar-refractivity contribution >= 4 is 41.3 Å². The molecule has 2 heterocycles. The van der Waals surface area contributed by atoms with Crippen LogP contribution >= 0.6 is 35.3 Å². The summed E-state index contributed by atoms with van der Waals surface area (Å²) in [5.41, 5.74) is 2.32. The highest BCUT2D eigenvalue weighted by molar-refractivity contribution is 14.0. The fourth-order valence-electron chi connectivity index (χ4n) is 3.22. The van der Waals surface area contributed by atoms with Gasteiger partial charge in [0.05, 0.1) is 6.10 Å². The minimum Gasteiger partial charge on any atom is -0.491 e. The van der Waals surface area contributed by atoms with Gasteiger partial charge in [-0.15, -0.1) is 35.3 Å². The Kier molecular flexibility index (Phi) is 10.2. The Hall–Kier alpha value is -1.32. The van der Waals surface area contributed by atoms with E-state index in [1.54, 1.807) is 18.4 Å². The molecule has 5 nitrogen and oxygen atoms in total. The number of guanidine groups is 1. The molecule has 0 radical (unpaired) electrons. The molecule has 2 N–H and O–H groups in total. The summed E-state index contributed by atoms with van der Waals surface area (Å²) in [6, 6.07) is 10.6. The number of thiophene rings is 1. The van der Waals surface area contributed by atoms with Gasteiger partial charge in [0.1, 0.15) is 12.4 Å². The van der Waals surface area contributed by atoms with E-state index in [9.17, 15) is 0 Å². The van der Waals surface area contributed by atoms with Crippen LogP contribution in [0.1, 0.15) is 41.7 Å². The summed E-state index contributed by atoms with van der Waals surface area (Å²) in [6.07, 6.45) is 2.43. The van der Waals surface area contributed by atoms with Gasteiger partial charge in [0, 0.05) is 43.1 Å². The van der Waals surface area contributed by atoms with E-state index in [-0.39, 0.29) is 30.1 Å². The summed E-state index contributed by atoms with van der Waals surface area (Å²) < 4.78 is 11.8. The molecule has 2 aromatic rings. The van der Waals surface area contributed by atoms with Gasteiger partial charge in [0.2, 0.25) is 0 Å². The van der Waals surface area contributed by atoms with Crippen LogP contribution in [0, 0.1) is 6.92 Å². The summed E-state index contributed by atoms with van der Waals surface area (Å²) in [6.45, 7) is 7.28. The van der Waals surface area contributed by atoms with Gasteiger partial charge in [-0.3, -0.25) is 4.99 Å². The molecule has 3 rings (SSSR count). The number of benzene rings is 1. The first-order valence-electron chi connectivity index (χ1n) is 9.97. The summed E-state index contributed by atoms with van der Waals surface area (Å²) in [5, 5.41) is 8.94. The fraction of sp³-hybridized carbons (Fsp3) is 0.500. The largest absolute Gasteiger partial charge is 0.491 e. The van der Waals surface area contributed by atoms with Gasteiger partial charge in [-0.05, 0) is 42.8 Å². The average Bonchev–Trinajstić information content (AvgIpc) is 3.41. The molecule has 0 bridgehead atoms. The van der Waals surface area contributed by atoms with E-state index in [4.69, 9.17) is 9.47 Å². The topological polar surface area (TPSA) is 54.9 Å². The zero-order valence-electron chi connectivity index (χ0n) is 17.4. The van der Waals surface area contributed by atoms with E-state index in [1.165, 1.54) is 10.4 Å². The lowest BCUT2D eigenvalue weighted by molar-refractivity contribution is 0.0676. The second-order valence-corrected chi connectivity index (χ2v) is 8.26. The Labute approximate surface area is 195 Å². The zero-order valence-corrected chi connectivity index (χ0v) is 20.6. The third kappa shape index (κ3) is 7.46. The maximum atomic E-state index is 6.09. The van der Waals surface area contributed by atoms with Gasteiger partial charge in [0.15, 0.2) is 5.96 Å². The first-order valence-corrected chi connectivity index (χ1v) is 10.9. The monoisotopic (exact) mass is 529 g/mol. The predicted molar refractivity (Wildman–Crippen MR) is 132 cm³/mol. The first-order chi connectivity index (χ1) is 13.7. The van der Waals surface area contributed by atoms with Crippen LogP contribution in [0.2, 0.25) is 0 Å². The predicted octanol–water partition coefficient (Wildman–Crippen LogP) is 4.70. The van der Waals surface area contributed by atoms with E-state index in [1.807, 2.05) is 0 Å². The van der Waals surface area contributed by atoms with E-state index in [0.29, 0.717) is 19.1 Å². The third-order valence-electron chi connectivity index (χ3n) is 4.95. The van der Waals surface area contributed by atoms with Crippen LogP contribution in [0.4, 0.5) is 0 Å². The van der Waals surface area contributed by atoms with Crippen LogP contribution in [0.15, 0.2) is 40.7 Å². The van der Waals surface area contributed by atoms with Crippen molar-refractivity contribution in [3.05, 3.63) is 51.7 Å². The molecule has 1 aliphatic rings. The molecule has 160 valence electrons. The molecule has 1 fully saturated rings. The summed E-state index contributed by atoms with van der Waals surface area (Å²) >= 11 is 1.79. The van der Waals surface area contributed by atoms with Gasteiger partial charge in [0.25, 0.3) is 0 Å². The lowest BCUT2D eigenvalue weighted by Gasteiger charge is -2.18. The maximum absolute atomic E-state index is 6.09. The van der Waals surface area contributed by atoms with Crippen molar-refractivity contribution in [2.45, 2.75) is 45.3 Å². The molecule has 1 aromatic carbocycles. The number of aliphatic imine (C=N–C) groups is 1. The molecule has 1 aliphatic heterocycles. The highest BCUT2D eigenvalue weighted by Crippen LogP contribution is 2.22. The standard InChI is InChI=1S/C22H31N3O2S.HI/c1-16-8-9-18(20(12-16)27-15-19-6-4-10-26-19)14-25-22(23-3)24-13-17(2)21-7-5-11-28-21;/h5,7-9,11-12,17,19H,4,6,10,13-15H2,1-3H3,(H2,23,24,25);1H. The number of aryl methyl sites for hydroxylation is 1. The number of nitrogens with zero attached hydrogens (tertiary/aromatic N) is 1. The van der Waals surface area contributed by atoms with Gasteiger partial charge in [-0.1, -0.05) is 25.1 Å². The van der Waals surface area contributed by atoms with Crippen LogP contribution in [0.5, 0.6) is 5.75 Å². The molecule has 0 saturated carbocycles. The normalized spacial score (nSPS) is 17.5. The zero-order chi connectivity index (χ0) is 19.8. The van der Waals surface area contributed by atoms with Crippen molar-refractivity contribution in [3.8, 4) is 5.75 Å². The number of nitrogens with one attached hydrogen (secondary N) is 2. The van der Waals surface area contributed by atoms with E-state index < -0.39 is 0 Å². The summed E-state index contributed by atoms with van der Waals surface area (Å²) in [7, 11) is 1.80. The van der Waals surface area contributed by atoms with E-state index in [2.05, 4.69) is 65.2 Å². The Morgan fingerprint density at radius 2 is 2.21 bits per heavy atom. The molecule has 7 heteroatoms. The molecule has 0 spiro atoms. The van der Waals surface area contributed by atoms with Crippen LogP contribution in [-0.4, -0.2) is 38.9 Å². The number of ether oxygens (including phenoxy) is 2. The minimum absolute atomic E-state index is 0.